The Hall–Kier alpha value is -1.31. The fraction of sp³-hybridized carbons (Fsp3) is 0.417. The number of nitrogens with one attached hydrogen (secondary N) is 1. The van der Waals surface area contributed by atoms with Crippen molar-refractivity contribution in [3.63, 3.8) is 0 Å². The smallest absolute Gasteiger partial charge is 0.106 e. The van der Waals surface area contributed by atoms with Crippen molar-refractivity contribution in [3.05, 3.63) is 35.4 Å². The van der Waals surface area contributed by atoms with Crippen LogP contribution in [0.5, 0.6) is 0 Å². The van der Waals surface area contributed by atoms with Gasteiger partial charge in [0.2, 0.25) is 0 Å². The number of imidazole rings is 1. The molecular weight excluding hydrogens is 172 g/mol. The number of aromatic amines is 1. The van der Waals surface area contributed by atoms with Crippen LogP contribution in [-0.2, 0) is 12.8 Å². The minimum atomic E-state index is 0.968. The fourth-order valence-corrected chi connectivity index (χ4v) is 1.35. The van der Waals surface area contributed by atoms with Crippen molar-refractivity contribution in [1.29, 1.82) is 0 Å². The van der Waals surface area contributed by atoms with E-state index in [1.807, 2.05) is 19.9 Å². The van der Waals surface area contributed by atoms with Crippen LogP contribution in [0.4, 0.5) is 0 Å². The molecule has 1 aromatic heterocycles. The zero-order valence-electron chi connectivity index (χ0n) is 9.17. The predicted octanol–water partition coefficient (Wildman–Crippen LogP) is 3.12. The van der Waals surface area contributed by atoms with E-state index in [2.05, 4.69) is 35.1 Å². The second kappa shape index (κ2) is 5.43. The summed E-state index contributed by atoms with van der Waals surface area (Å²) < 4.78 is 0. The Labute approximate surface area is 85.8 Å². The Morgan fingerprint density at radius 1 is 1.36 bits per heavy atom. The van der Waals surface area contributed by atoms with Gasteiger partial charge in [-0.2, -0.15) is 0 Å². The summed E-state index contributed by atoms with van der Waals surface area (Å²) in [7, 11) is 0. The molecule has 0 aliphatic heterocycles. The van der Waals surface area contributed by atoms with Crippen LogP contribution >= 0.6 is 0 Å². The number of hydrogen-bond acceptors (Lipinski definition) is 1. The van der Waals surface area contributed by atoms with Crippen LogP contribution in [0.3, 0.4) is 0 Å². The van der Waals surface area contributed by atoms with Crippen LogP contribution in [0.1, 0.15) is 38.0 Å². The first kappa shape index (κ1) is 10.8. The molecular formula is C12H18N2. The van der Waals surface area contributed by atoms with E-state index in [-0.39, 0.29) is 0 Å². The lowest BCUT2D eigenvalue weighted by atomic mass is 10.2. The third-order valence-electron chi connectivity index (χ3n) is 2.02. The molecule has 1 heterocycles. The Balaban J connectivity index is 0.000000461. The highest BCUT2D eigenvalue weighted by Crippen LogP contribution is 2.12. The molecule has 76 valence electrons. The molecule has 2 heteroatoms. The van der Waals surface area contributed by atoms with Crippen LogP contribution in [-0.4, -0.2) is 9.97 Å². The number of H-pyrrole nitrogens is 1. The summed E-state index contributed by atoms with van der Waals surface area (Å²) in [4.78, 5) is 7.76. The first-order chi connectivity index (χ1) is 6.90. The topological polar surface area (TPSA) is 28.7 Å². The molecule has 0 saturated heterocycles. The van der Waals surface area contributed by atoms with Gasteiger partial charge < -0.3 is 4.98 Å². The number of rotatable bonds is 1. The van der Waals surface area contributed by atoms with Crippen LogP contribution < -0.4 is 0 Å². The van der Waals surface area contributed by atoms with Crippen molar-refractivity contribution < 1.29 is 0 Å². The van der Waals surface area contributed by atoms with Crippen LogP contribution in [0, 0.1) is 0 Å². The minimum absolute atomic E-state index is 0.968. The number of allylic oxidation sites excluding steroid dienone is 3. The maximum absolute atomic E-state index is 4.45. The molecule has 0 aromatic carbocycles. The highest BCUT2D eigenvalue weighted by molar-refractivity contribution is 5.52. The molecule has 14 heavy (non-hydrogen) atoms. The zero-order chi connectivity index (χ0) is 10.4. The van der Waals surface area contributed by atoms with Gasteiger partial charge in [-0.3, -0.25) is 0 Å². The maximum atomic E-state index is 4.45. The molecule has 1 aliphatic rings. The first-order valence-corrected chi connectivity index (χ1v) is 5.31. The molecule has 1 N–H and O–H groups in total. The van der Waals surface area contributed by atoms with E-state index < -0.39 is 0 Å². The lowest BCUT2D eigenvalue weighted by molar-refractivity contribution is 0.974. The fourth-order valence-electron chi connectivity index (χ4n) is 1.35. The van der Waals surface area contributed by atoms with Crippen LogP contribution in [0.2, 0.25) is 0 Å². The Kier molecular flexibility index (Phi) is 4.17. The summed E-state index contributed by atoms with van der Waals surface area (Å²) in [5, 5.41) is 0. The molecule has 1 aliphatic carbocycles. The average Bonchev–Trinajstić information content (AvgIpc) is 2.52. The van der Waals surface area contributed by atoms with Crippen molar-refractivity contribution in [2.45, 2.75) is 33.6 Å². The lowest BCUT2D eigenvalue weighted by Gasteiger charge is -1.89. The van der Waals surface area contributed by atoms with Crippen molar-refractivity contribution in [3.8, 4) is 0 Å². The monoisotopic (exact) mass is 190 g/mol. The van der Waals surface area contributed by atoms with Crippen LogP contribution in [0.25, 0.3) is 6.08 Å². The SMILES string of the molecule is CC.CCc1nc2c([nH]1)CC=CC=C2. The van der Waals surface area contributed by atoms with E-state index in [0.29, 0.717) is 0 Å². The number of nitrogens with zero attached hydrogens (tertiary/aromatic N) is 1. The molecule has 0 saturated carbocycles. The largest absolute Gasteiger partial charge is 0.345 e. The first-order valence-electron chi connectivity index (χ1n) is 5.31. The van der Waals surface area contributed by atoms with E-state index in [0.717, 1.165) is 24.4 Å². The number of hydrogen-bond donors (Lipinski definition) is 1. The third-order valence-corrected chi connectivity index (χ3v) is 2.02. The van der Waals surface area contributed by atoms with Crippen molar-refractivity contribution in [2.24, 2.45) is 0 Å². The zero-order valence-corrected chi connectivity index (χ0v) is 9.17. The molecule has 0 spiro atoms. The summed E-state index contributed by atoms with van der Waals surface area (Å²) in [5.74, 6) is 1.08. The molecule has 2 rings (SSSR count). The summed E-state index contributed by atoms with van der Waals surface area (Å²) in [6.07, 6.45) is 10.2. The summed E-state index contributed by atoms with van der Waals surface area (Å²) >= 11 is 0. The van der Waals surface area contributed by atoms with Gasteiger partial charge in [0.1, 0.15) is 5.82 Å². The Morgan fingerprint density at radius 3 is 2.86 bits per heavy atom. The third kappa shape index (κ3) is 2.34. The van der Waals surface area contributed by atoms with E-state index >= 15 is 0 Å². The van der Waals surface area contributed by atoms with Crippen LogP contribution in [0.15, 0.2) is 18.2 Å². The van der Waals surface area contributed by atoms with Gasteiger partial charge in [0, 0.05) is 18.5 Å². The number of aromatic nitrogens is 2. The van der Waals surface area contributed by atoms with Gasteiger partial charge in [-0.1, -0.05) is 39.0 Å². The standard InChI is InChI=1S/C10H12N2.C2H6/c1-2-10-11-8-6-4-3-5-7-9(8)12-10;1-2/h3-6H,2,7H2,1H3,(H,11,12);1-2H3. The Bertz CT molecular complexity index is 332. The molecule has 0 unspecified atom stereocenters. The average molecular weight is 190 g/mol. The molecule has 0 radical (unpaired) electrons. The van der Waals surface area contributed by atoms with Gasteiger partial charge in [0.25, 0.3) is 0 Å². The van der Waals surface area contributed by atoms with E-state index in [9.17, 15) is 0 Å². The summed E-state index contributed by atoms with van der Waals surface area (Å²) in [6, 6.07) is 0. The summed E-state index contributed by atoms with van der Waals surface area (Å²) in [6.45, 7) is 6.11. The van der Waals surface area contributed by atoms with Gasteiger partial charge in [-0.25, -0.2) is 4.98 Å². The maximum Gasteiger partial charge on any atom is 0.106 e. The molecule has 2 nitrogen and oxygen atoms in total. The lowest BCUT2D eigenvalue weighted by Crippen LogP contribution is -1.84. The number of fused-ring (bicyclic) bond motifs is 1. The van der Waals surface area contributed by atoms with Gasteiger partial charge in [0.15, 0.2) is 0 Å². The molecule has 1 aromatic rings. The highest BCUT2D eigenvalue weighted by atomic mass is 14.9. The van der Waals surface area contributed by atoms with E-state index in [1.54, 1.807) is 0 Å². The van der Waals surface area contributed by atoms with E-state index in [4.69, 9.17) is 0 Å². The minimum Gasteiger partial charge on any atom is -0.345 e. The molecule has 0 bridgehead atoms. The normalized spacial score (nSPS) is 12.8. The highest BCUT2D eigenvalue weighted by Gasteiger charge is 2.05. The van der Waals surface area contributed by atoms with Gasteiger partial charge >= 0.3 is 0 Å². The van der Waals surface area contributed by atoms with Crippen molar-refractivity contribution >= 4 is 6.08 Å². The van der Waals surface area contributed by atoms with Gasteiger partial charge in [0.05, 0.1) is 5.69 Å². The molecule has 0 fully saturated rings. The second-order valence-electron chi connectivity index (χ2n) is 2.89. The van der Waals surface area contributed by atoms with Gasteiger partial charge in [-0.15, -0.1) is 0 Å². The summed E-state index contributed by atoms with van der Waals surface area (Å²) in [5.41, 5.74) is 2.33. The van der Waals surface area contributed by atoms with Crippen molar-refractivity contribution in [1.82, 2.24) is 9.97 Å². The Morgan fingerprint density at radius 2 is 2.14 bits per heavy atom. The van der Waals surface area contributed by atoms with Crippen molar-refractivity contribution in [2.75, 3.05) is 0 Å². The van der Waals surface area contributed by atoms with Gasteiger partial charge in [-0.05, 0) is 6.08 Å². The van der Waals surface area contributed by atoms with E-state index in [1.165, 1.54) is 5.69 Å². The molecule has 0 amide bonds. The predicted molar refractivity (Wildman–Crippen MR) is 61.2 cm³/mol. The second-order valence-corrected chi connectivity index (χ2v) is 2.89. The number of aryl methyl sites for hydroxylation is 1. The molecule has 0 atom stereocenters. The quantitative estimate of drug-likeness (QED) is 0.724.